The number of anilines is 1. The van der Waals surface area contributed by atoms with Gasteiger partial charge in [0.15, 0.2) is 0 Å². The van der Waals surface area contributed by atoms with Crippen molar-refractivity contribution in [1.82, 2.24) is 20.3 Å². The summed E-state index contributed by atoms with van der Waals surface area (Å²) in [4.78, 5) is 10.7. The molecular formula is C21H22F3N5O. The molecule has 2 heterocycles. The second-order valence-electron chi connectivity index (χ2n) is 6.99. The summed E-state index contributed by atoms with van der Waals surface area (Å²) in [7, 11) is 1.37. The number of aromatic amines is 2. The molecule has 0 atom stereocenters. The summed E-state index contributed by atoms with van der Waals surface area (Å²) >= 11 is 0. The van der Waals surface area contributed by atoms with Crippen molar-refractivity contribution in [1.29, 1.82) is 0 Å². The average molecular weight is 417 g/mol. The van der Waals surface area contributed by atoms with E-state index < -0.39 is 11.7 Å². The highest BCUT2D eigenvalue weighted by molar-refractivity contribution is 5.87. The average Bonchev–Trinajstić information content (AvgIpc) is 3.32. The number of para-hydroxylation sites is 2. The van der Waals surface area contributed by atoms with Gasteiger partial charge < -0.3 is 25.3 Å². The van der Waals surface area contributed by atoms with Crippen LogP contribution < -0.4 is 15.4 Å². The van der Waals surface area contributed by atoms with Crippen LogP contribution in [0.2, 0.25) is 0 Å². The molecule has 0 unspecified atom stereocenters. The van der Waals surface area contributed by atoms with E-state index in [1.54, 1.807) is 0 Å². The number of methoxy groups -OCH3 is 1. The normalized spacial score (nSPS) is 12.0. The molecule has 0 radical (unpaired) electrons. The van der Waals surface area contributed by atoms with Gasteiger partial charge in [-0.1, -0.05) is 12.1 Å². The fourth-order valence-electron chi connectivity index (χ4n) is 3.37. The van der Waals surface area contributed by atoms with Crippen molar-refractivity contribution in [3.63, 3.8) is 0 Å². The molecule has 4 rings (SSSR count). The minimum Gasteiger partial charge on any atom is -0.496 e. The maximum Gasteiger partial charge on any atom is 0.416 e. The van der Waals surface area contributed by atoms with Gasteiger partial charge in [0, 0.05) is 29.7 Å². The van der Waals surface area contributed by atoms with Crippen LogP contribution in [0.1, 0.15) is 17.7 Å². The number of hydrogen-bond acceptors (Lipinski definition) is 4. The number of benzene rings is 2. The quantitative estimate of drug-likeness (QED) is 0.315. The van der Waals surface area contributed by atoms with Crippen molar-refractivity contribution >= 4 is 27.9 Å². The maximum absolute atomic E-state index is 13.0. The van der Waals surface area contributed by atoms with Gasteiger partial charge in [-0.3, -0.25) is 0 Å². The summed E-state index contributed by atoms with van der Waals surface area (Å²) in [6.07, 6.45) is -3.56. The third-order valence-corrected chi connectivity index (χ3v) is 4.83. The number of aromatic nitrogens is 3. The van der Waals surface area contributed by atoms with Crippen molar-refractivity contribution < 1.29 is 17.9 Å². The fraction of sp³-hybridized carbons (Fsp3) is 0.286. The molecule has 0 aliphatic carbocycles. The van der Waals surface area contributed by atoms with E-state index in [0.717, 1.165) is 54.3 Å². The Hall–Kier alpha value is -3.20. The van der Waals surface area contributed by atoms with Gasteiger partial charge in [0.1, 0.15) is 5.75 Å². The lowest BCUT2D eigenvalue weighted by Gasteiger charge is -2.09. The van der Waals surface area contributed by atoms with Crippen molar-refractivity contribution in [3.05, 3.63) is 53.7 Å². The molecule has 0 saturated heterocycles. The van der Waals surface area contributed by atoms with E-state index in [1.165, 1.54) is 7.11 Å². The lowest BCUT2D eigenvalue weighted by Crippen LogP contribution is -2.18. The standard InChI is InChI=1S/C21H22F3N5O/c1-30-19-10-13(21(22,23)24)9-18-15(19)11-14(27-18)12-25-7-4-8-26-20-28-16-5-2-3-6-17(16)29-20/h2-3,5-6,9-11,25,27H,4,7-8,12H2,1H3,(H2,26,28,29). The Bertz CT molecular complexity index is 1120. The molecular weight excluding hydrogens is 395 g/mol. The minimum atomic E-state index is -4.42. The summed E-state index contributed by atoms with van der Waals surface area (Å²) in [5.41, 5.74) is 2.38. The first kappa shape index (κ1) is 20.1. The number of halogens is 3. The van der Waals surface area contributed by atoms with Crippen molar-refractivity contribution in [2.75, 3.05) is 25.5 Å². The second kappa shape index (κ2) is 8.27. The number of imidazole rings is 1. The third kappa shape index (κ3) is 4.35. The highest BCUT2D eigenvalue weighted by Crippen LogP contribution is 2.36. The van der Waals surface area contributed by atoms with E-state index in [4.69, 9.17) is 4.74 Å². The molecule has 0 bridgehead atoms. The van der Waals surface area contributed by atoms with Crippen LogP contribution in [0.25, 0.3) is 21.9 Å². The number of nitrogens with one attached hydrogen (secondary N) is 4. The number of fused-ring (bicyclic) bond motifs is 2. The zero-order chi connectivity index (χ0) is 21.1. The third-order valence-electron chi connectivity index (χ3n) is 4.83. The van der Waals surface area contributed by atoms with Gasteiger partial charge in [0.2, 0.25) is 5.95 Å². The van der Waals surface area contributed by atoms with Crippen LogP contribution in [0.5, 0.6) is 5.75 Å². The Labute approximate surface area is 170 Å². The molecule has 158 valence electrons. The van der Waals surface area contributed by atoms with Gasteiger partial charge in [-0.15, -0.1) is 0 Å². The summed E-state index contributed by atoms with van der Waals surface area (Å²) in [6.45, 7) is 2.00. The SMILES string of the molecule is COc1cc(C(F)(F)F)cc2[nH]c(CNCCCNc3nc4ccccc4[nH]3)cc12. The smallest absolute Gasteiger partial charge is 0.416 e. The molecule has 30 heavy (non-hydrogen) atoms. The van der Waals surface area contributed by atoms with Crippen LogP contribution in [0.3, 0.4) is 0 Å². The molecule has 0 fully saturated rings. The van der Waals surface area contributed by atoms with Crippen LogP contribution in [0, 0.1) is 0 Å². The Morgan fingerprint density at radius 1 is 1.03 bits per heavy atom. The largest absolute Gasteiger partial charge is 0.496 e. The molecule has 2 aromatic heterocycles. The number of ether oxygens (including phenoxy) is 1. The van der Waals surface area contributed by atoms with Crippen LogP contribution in [-0.4, -0.2) is 35.2 Å². The molecule has 2 aromatic carbocycles. The van der Waals surface area contributed by atoms with Gasteiger partial charge >= 0.3 is 6.18 Å². The summed E-state index contributed by atoms with van der Waals surface area (Å²) in [5.74, 6) is 0.941. The molecule has 4 N–H and O–H groups in total. The molecule has 6 nitrogen and oxygen atoms in total. The summed E-state index contributed by atoms with van der Waals surface area (Å²) < 4.78 is 44.3. The van der Waals surface area contributed by atoms with E-state index in [9.17, 15) is 13.2 Å². The number of alkyl halides is 3. The summed E-state index contributed by atoms with van der Waals surface area (Å²) in [5, 5.41) is 7.18. The van der Waals surface area contributed by atoms with E-state index in [2.05, 4.69) is 25.6 Å². The van der Waals surface area contributed by atoms with Gasteiger partial charge in [0.05, 0.1) is 23.7 Å². The first-order chi connectivity index (χ1) is 14.4. The molecule has 0 aliphatic rings. The van der Waals surface area contributed by atoms with Crippen molar-refractivity contribution in [2.45, 2.75) is 19.1 Å². The zero-order valence-electron chi connectivity index (χ0n) is 16.4. The molecule has 0 amide bonds. The first-order valence-corrected chi connectivity index (χ1v) is 9.60. The van der Waals surface area contributed by atoms with Gasteiger partial charge in [-0.2, -0.15) is 13.2 Å². The topological polar surface area (TPSA) is 77.8 Å². The first-order valence-electron chi connectivity index (χ1n) is 9.60. The number of nitrogens with zero attached hydrogens (tertiary/aromatic N) is 1. The predicted octanol–water partition coefficient (Wildman–Crippen LogP) is 4.66. The summed E-state index contributed by atoms with van der Waals surface area (Å²) in [6, 6.07) is 11.8. The monoisotopic (exact) mass is 417 g/mol. The molecule has 0 spiro atoms. The second-order valence-corrected chi connectivity index (χ2v) is 6.99. The van der Waals surface area contributed by atoms with E-state index in [1.807, 2.05) is 30.3 Å². The number of hydrogen-bond donors (Lipinski definition) is 4. The van der Waals surface area contributed by atoms with E-state index in [0.29, 0.717) is 17.4 Å². The van der Waals surface area contributed by atoms with Crippen LogP contribution in [-0.2, 0) is 12.7 Å². The molecule has 4 aromatic rings. The molecule has 0 saturated carbocycles. The van der Waals surface area contributed by atoms with Crippen LogP contribution in [0.4, 0.5) is 19.1 Å². The fourth-order valence-corrected chi connectivity index (χ4v) is 3.37. The lowest BCUT2D eigenvalue weighted by atomic mass is 10.1. The van der Waals surface area contributed by atoms with Gasteiger partial charge in [0.25, 0.3) is 0 Å². The highest BCUT2D eigenvalue weighted by atomic mass is 19.4. The Balaban J connectivity index is 1.29. The van der Waals surface area contributed by atoms with E-state index in [-0.39, 0.29) is 5.75 Å². The molecule has 9 heteroatoms. The van der Waals surface area contributed by atoms with Crippen LogP contribution >= 0.6 is 0 Å². The maximum atomic E-state index is 13.0. The Morgan fingerprint density at radius 3 is 2.63 bits per heavy atom. The van der Waals surface area contributed by atoms with Crippen molar-refractivity contribution in [3.8, 4) is 5.75 Å². The predicted molar refractivity (Wildman–Crippen MR) is 111 cm³/mol. The number of rotatable bonds is 8. The van der Waals surface area contributed by atoms with Gasteiger partial charge in [-0.05, 0) is 43.3 Å². The van der Waals surface area contributed by atoms with Gasteiger partial charge in [-0.25, -0.2) is 4.98 Å². The lowest BCUT2D eigenvalue weighted by molar-refractivity contribution is -0.137. The Morgan fingerprint density at radius 2 is 1.87 bits per heavy atom. The highest BCUT2D eigenvalue weighted by Gasteiger charge is 2.32. The van der Waals surface area contributed by atoms with E-state index >= 15 is 0 Å². The van der Waals surface area contributed by atoms with Crippen LogP contribution in [0.15, 0.2) is 42.5 Å². The van der Waals surface area contributed by atoms with Crippen molar-refractivity contribution in [2.24, 2.45) is 0 Å². The minimum absolute atomic E-state index is 0.206. The number of H-pyrrole nitrogens is 2. The zero-order valence-corrected chi connectivity index (χ0v) is 16.4. The Kier molecular flexibility index (Phi) is 5.54. The molecule has 0 aliphatic heterocycles.